The predicted molar refractivity (Wildman–Crippen MR) is 106 cm³/mol. The van der Waals surface area contributed by atoms with Crippen LogP contribution in [-0.2, 0) is 5.41 Å². The number of quaternary nitrogens is 1. The summed E-state index contributed by atoms with van der Waals surface area (Å²) < 4.78 is 22.2. The number of benzene rings is 1. The average Bonchev–Trinajstić information content (AvgIpc) is 3.31. The molecule has 0 radical (unpaired) electrons. The molecule has 1 aromatic carbocycles. The molecule has 1 fully saturated rings. The Balaban J connectivity index is 1.61. The van der Waals surface area contributed by atoms with Crippen LogP contribution in [0.25, 0.3) is 17.0 Å². The summed E-state index contributed by atoms with van der Waals surface area (Å²) in [7, 11) is 1.89. The van der Waals surface area contributed by atoms with Gasteiger partial charge in [0.1, 0.15) is 12.9 Å². The first kappa shape index (κ1) is 17.9. The highest BCUT2D eigenvalue weighted by molar-refractivity contribution is 5.70. The molecule has 1 saturated carbocycles. The van der Waals surface area contributed by atoms with Gasteiger partial charge in [-0.2, -0.15) is 9.51 Å². The molecule has 2 aromatic heterocycles. The number of ether oxygens (including phenoxy) is 1. The Bertz CT molecular complexity index is 1140. The van der Waals surface area contributed by atoms with Gasteiger partial charge in [0.15, 0.2) is 17.8 Å². The molecule has 0 N–H and O–H groups in total. The smallest absolute Gasteiger partial charge is 0.255 e. The molecule has 0 bridgehead atoms. The Hall–Kier alpha value is -3.20. The lowest BCUT2D eigenvalue weighted by Gasteiger charge is -2.39. The Labute approximate surface area is 166 Å². The fourth-order valence-corrected chi connectivity index (χ4v) is 3.75. The van der Waals surface area contributed by atoms with Gasteiger partial charge in [-0.05, 0) is 36.5 Å². The van der Waals surface area contributed by atoms with Crippen molar-refractivity contribution in [1.29, 1.82) is 0 Å². The van der Waals surface area contributed by atoms with Crippen molar-refractivity contribution in [1.82, 2.24) is 19.8 Å². The zero-order valence-corrected chi connectivity index (χ0v) is 16.3. The van der Waals surface area contributed by atoms with Crippen LogP contribution in [-0.4, -0.2) is 50.9 Å². The van der Waals surface area contributed by atoms with E-state index in [-0.39, 0.29) is 22.6 Å². The molecule has 2 aliphatic rings. The maximum Gasteiger partial charge on any atom is 0.255 e. The molecule has 9 heteroatoms. The van der Waals surface area contributed by atoms with Crippen LogP contribution in [0.2, 0.25) is 0 Å². The SMILES string of the molecule is CC1(c2cc3nnc(-c4ccccc4F)n3nc2OC[N+]2(C)C=NC=N2)CCC1. The van der Waals surface area contributed by atoms with Gasteiger partial charge in [-0.15, -0.1) is 19.9 Å². The van der Waals surface area contributed by atoms with Crippen LogP contribution in [0.15, 0.2) is 40.4 Å². The second kappa shape index (κ2) is 6.41. The highest BCUT2D eigenvalue weighted by Crippen LogP contribution is 2.46. The topological polar surface area (TPSA) is 77.0 Å². The van der Waals surface area contributed by atoms with Crippen molar-refractivity contribution in [2.45, 2.75) is 31.6 Å². The number of aromatic nitrogens is 4. The molecule has 148 valence electrons. The second-order valence-electron chi connectivity index (χ2n) is 8.03. The highest BCUT2D eigenvalue weighted by Gasteiger charge is 2.38. The first-order valence-electron chi connectivity index (χ1n) is 9.56. The van der Waals surface area contributed by atoms with Crippen LogP contribution in [0, 0.1) is 5.82 Å². The Morgan fingerprint density at radius 1 is 1.24 bits per heavy atom. The van der Waals surface area contributed by atoms with E-state index in [1.165, 1.54) is 18.8 Å². The number of aliphatic imine (C=N–C) groups is 1. The van der Waals surface area contributed by atoms with Gasteiger partial charge in [-0.3, -0.25) is 0 Å². The minimum absolute atomic E-state index is 0.0187. The quantitative estimate of drug-likeness (QED) is 0.623. The van der Waals surface area contributed by atoms with Crippen molar-refractivity contribution < 1.29 is 13.7 Å². The van der Waals surface area contributed by atoms with E-state index in [0.29, 0.717) is 22.9 Å². The molecule has 0 spiro atoms. The van der Waals surface area contributed by atoms with E-state index in [1.807, 2.05) is 13.1 Å². The van der Waals surface area contributed by atoms with Crippen LogP contribution >= 0.6 is 0 Å². The largest absolute Gasteiger partial charge is 0.423 e. The summed E-state index contributed by atoms with van der Waals surface area (Å²) in [4.78, 5) is 4.04. The number of fused-ring (bicyclic) bond motifs is 1. The summed E-state index contributed by atoms with van der Waals surface area (Å²) in [6, 6.07) is 8.42. The maximum absolute atomic E-state index is 14.3. The van der Waals surface area contributed by atoms with Gasteiger partial charge >= 0.3 is 0 Å². The van der Waals surface area contributed by atoms with Gasteiger partial charge in [0.2, 0.25) is 12.2 Å². The van der Waals surface area contributed by atoms with Crippen LogP contribution in [0.5, 0.6) is 5.88 Å². The molecular weight excluding hydrogens is 373 g/mol. The molecule has 29 heavy (non-hydrogen) atoms. The summed E-state index contributed by atoms with van der Waals surface area (Å²) in [5.41, 5.74) is 1.89. The van der Waals surface area contributed by atoms with E-state index in [4.69, 9.17) is 4.74 Å². The van der Waals surface area contributed by atoms with E-state index < -0.39 is 0 Å². The van der Waals surface area contributed by atoms with Crippen molar-refractivity contribution in [2.75, 3.05) is 13.8 Å². The zero-order valence-electron chi connectivity index (χ0n) is 16.3. The van der Waals surface area contributed by atoms with Crippen molar-refractivity contribution in [2.24, 2.45) is 10.1 Å². The third kappa shape index (κ3) is 2.98. The van der Waals surface area contributed by atoms with E-state index in [2.05, 4.69) is 32.3 Å². The van der Waals surface area contributed by atoms with Gasteiger partial charge in [0.05, 0.1) is 5.56 Å². The minimum Gasteiger partial charge on any atom is -0.423 e. The molecule has 1 unspecified atom stereocenters. The van der Waals surface area contributed by atoms with Crippen LogP contribution in [0.3, 0.4) is 0 Å². The molecule has 3 aromatic rings. The standard InChI is InChI=1S/C20H21FN7O/c1-20(8-5-9-20)15-10-17-24-25-18(14-6-3-4-7-16(14)21)27(17)26-19(15)29-13-28(2)12-22-11-23-28/h3-4,6-7,10-12H,5,8-9,13H2,1-2H3/q+1. The van der Waals surface area contributed by atoms with E-state index in [9.17, 15) is 4.39 Å². The summed E-state index contributed by atoms with van der Waals surface area (Å²) in [5.74, 6) is 0.461. The van der Waals surface area contributed by atoms with Crippen molar-refractivity contribution in [3.8, 4) is 17.3 Å². The van der Waals surface area contributed by atoms with E-state index in [0.717, 1.165) is 18.4 Å². The number of halogens is 1. The van der Waals surface area contributed by atoms with Crippen molar-refractivity contribution in [3.63, 3.8) is 0 Å². The Morgan fingerprint density at radius 2 is 2.07 bits per heavy atom. The van der Waals surface area contributed by atoms with Gasteiger partial charge in [-0.25, -0.2) is 4.39 Å². The Kier molecular flexibility index (Phi) is 3.95. The highest BCUT2D eigenvalue weighted by atomic mass is 19.1. The lowest BCUT2D eigenvalue weighted by Crippen LogP contribution is -2.39. The molecule has 5 rings (SSSR count). The molecule has 1 aliphatic heterocycles. The van der Waals surface area contributed by atoms with Gasteiger partial charge in [-0.1, -0.05) is 30.6 Å². The molecule has 1 aliphatic carbocycles. The predicted octanol–water partition coefficient (Wildman–Crippen LogP) is 3.14. The van der Waals surface area contributed by atoms with Crippen molar-refractivity contribution in [3.05, 3.63) is 41.7 Å². The molecule has 0 amide bonds. The summed E-state index contributed by atoms with van der Waals surface area (Å²) >= 11 is 0. The fourth-order valence-electron chi connectivity index (χ4n) is 3.75. The third-order valence-electron chi connectivity index (χ3n) is 5.74. The van der Waals surface area contributed by atoms with Gasteiger partial charge in [0.25, 0.3) is 6.73 Å². The second-order valence-corrected chi connectivity index (χ2v) is 8.03. The normalized spacial score (nSPS) is 22.2. The van der Waals surface area contributed by atoms with Crippen LogP contribution < -0.4 is 4.74 Å². The maximum atomic E-state index is 14.3. The minimum atomic E-state index is -0.373. The molecular formula is C20H21FN7O+. The van der Waals surface area contributed by atoms with Crippen LogP contribution in [0.1, 0.15) is 31.7 Å². The van der Waals surface area contributed by atoms with Crippen molar-refractivity contribution >= 4 is 18.3 Å². The van der Waals surface area contributed by atoms with Crippen LogP contribution in [0.4, 0.5) is 4.39 Å². The van der Waals surface area contributed by atoms with Gasteiger partial charge in [0, 0.05) is 5.56 Å². The lowest BCUT2D eigenvalue weighted by atomic mass is 9.66. The first-order valence-corrected chi connectivity index (χ1v) is 9.56. The molecule has 0 saturated heterocycles. The number of hydrogen-bond donors (Lipinski definition) is 0. The van der Waals surface area contributed by atoms with Gasteiger partial charge < -0.3 is 4.74 Å². The fraction of sp³-hybridized carbons (Fsp3) is 0.350. The van der Waals surface area contributed by atoms with E-state index in [1.54, 1.807) is 29.1 Å². The molecule has 1 atom stereocenters. The summed E-state index contributed by atoms with van der Waals surface area (Å²) in [5, 5.41) is 17.4. The average molecular weight is 394 g/mol. The first-order chi connectivity index (χ1) is 14.0. The molecule has 3 heterocycles. The lowest BCUT2D eigenvalue weighted by molar-refractivity contribution is -0.836. The summed E-state index contributed by atoms with van der Waals surface area (Å²) in [6.45, 7) is 2.45. The monoisotopic (exact) mass is 394 g/mol. The number of hydrogen-bond acceptors (Lipinski definition) is 6. The summed E-state index contributed by atoms with van der Waals surface area (Å²) in [6.07, 6.45) is 6.48. The number of nitrogens with zero attached hydrogens (tertiary/aromatic N) is 7. The number of rotatable bonds is 5. The molecule has 8 nitrogen and oxygen atoms in total. The zero-order chi connectivity index (χ0) is 20.1. The van der Waals surface area contributed by atoms with E-state index >= 15 is 0 Å². The Morgan fingerprint density at radius 3 is 2.76 bits per heavy atom. The third-order valence-corrected chi connectivity index (χ3v) is 5.74.